The molecule has 1 amide bonds. The molecule has 0 unspecified atom stereocenters. The first kappa shape index (κ1) is 16.3. The predicted molar refractivity (Wildman–Crippen MR) is 95.3 cm³/mol. The summed E-state index contributed by atoms with van der Waals surface area (Å²) >= 11 is 0. The molecule has 1 fully saturated rings. The van der Waals surface area contributed by atoms with Crippen molar-refractivity contribution in [2.45, 2.75) is 31.6 Å². The lowest BCUT2D eigenvalue weighted by Crippen LogP contribution is -2.30. The van der Waals surface area contributed by atoms with Crippen LogP contribution in [0.25, 0.3) is 0 Å². The second-order valence-corrected chi connectivity index (χ2v) is 7.43. The van der Waals surface area contributed by atoms with Crippen molar-refractivity contribution in [3.8, 4) is 0 Å². The molecule has 2 aliphatic rings. The number of benzene rings is 1. The summed E-state index contributed by atoms with van der Waals surface area (Å²) in [4.78, 5) is 14.7. The van der Waals surface area contributed by atoms with Gasteiger partial charge >= 0.3 is 0 Å². The number of carbonyl (C=O) groups excluding carboxylic acids is 1. The first-order valence-corrected chi connectivity index (χ1v) is 9.12. The van der Waals surface area contributed by atoms with E-state index in [2.05, 4.69) is 23.3 Å². The standard InChI is InChI=1S/C20H25N3O2/c1-22-10-17(9-21-22)19-12-23(11-18(19)13-24)20(25)8-14-5-6-15-3-2-4-16(15)7-14/h5-7,9-10,18-19,24H,2-4,8,11-13H2,1H3/t18-,19-/m0/s1. The third kappa shape index (κ3) is 3.21. The van der Waals surface area contributed by atoms with Gasteiger partial charge in [-0.15, -0.1) is 0 Å². The molecular weight excluding hydrogens is 314 g/mol. The zero-order chi connectivity index (χ0) is 17.4. The third-order valence-electron chi connectivity index (χ3n) is 5.70. The van der Waals surface area contributed by atoms with Gasteiger partial charge in [0.05, 0.1) is 12.6 Å². The lowest BCUT2D eigenvalue weighted by atomic mass is 9.92. The van der Waals surface area contributed by atoms with Crippen molar-refractivity contribution in [2.24, 2.45) is 13.0 Å². The molecule has 2 aromatic rings. The Balaban J connectivity index is 1.45. The number of hydrogen-bond donors (Lipinski definition) is 1. The number of rotatable bonds is 4. The van der Waals surface area contributed by atoms with Gasteiger partial charge in [0.1, 0.15) is 0 Å². The van der Waals surface area contributed by atoms with E-state index in [0.717, 1.165) is 17.5 Å². The molecule has 0 bridgehead atoms. The van der Waals surface area contributed by atoms with E-state index in [0.29, 0.717) is 19.5 Å². The highest BCUT2D eigenvalue weighted by atomic mass is 16.3. The van der Waals surface area contributed by atoms with Gasteiger partial charge < -0.3 is 10.0 Å². The Hall–Kier alpha value is -2.14. The van der Waals surface area contributed by atoms with Crippen molar-refractivity contribution >= 4 is 5.91 Å². The maximum absolute atomic E-state index is 12.8. The van der Waals surface area contributed by atoms with Gasteiger partial charge in [-0.25, -0.2) is 0 Å². The van der Waals surface area contributed by atoms with Gasteiger partial charge in [0.2, 0.25) is 5.91 Å². The van der Waals surface area contributed by atoms with E-state index < -0.39 is 0 Å². The average Bonchev–Trinajstić information content (AvgIpc) is 3.32. The Morgan fingerprint density at radius 3 is 2.88 bits per heavy atom. The second-order valence-electron chi connectivity index (χ2n) is 7.43. The summed E-state index contributed by atoms with van der Waals surface area (Å²) in [5, 5.41) is 14.0. The number of likely N-dealkylation sites (tertiary alicyclic amines) is 1. The summed E-state index contributed by atoms with van der Waals surface area (Å²) in [6.45, 7) is 1.39. The quantitative estimate of drug-likeness (QED) is 0.922. The molecule has 132 valence electrons. The van der Waals surface area contributed by atoms with Crippen molar-refractivity contribution in [3.63, 3.8) is 0 Å². The smallest absolute Gasteiger partial charge is 0.227 e. The Kier molecular flexibility index (Phi) is 4.34. The molecule has 4 rings (SSSR count). The minimum atomic E-state index is 0.0909. The topological polar surface area (TPSA) is 58.4 Å². The predicted octanol–water partition coefficient (Wildman–Crippen LogP) is 1.69. The van der Waals surface area contributed by atoms with Crippen molar-refractivity contribution in [1.29, 1.82) is 0 Å². The number of hydrogen-bond acceptors (Lipinski definition) is 3. The van der Waals surface area contributed by atoms with Crippen LogP contribution in [0.4, 0.5) is 0 Å². The van der Waals surface area contributed by atoms with Crippen LogP contribution < -0.4 is 0 Å². The van der Waals surface area contributed by atoms with Gasteiger partial charge in [-0.1, -0.05) is 18.2 Å². The number of aliphatic hydroxyl groups is 1. The van der Waals surface area contributed by atoms with Crippen LogP contribution in [0, 0.1) is 5.92 Å². The summed E-state index contributed by atoms with van der Waals surface area (Å²) in [6.07, 6.45) is 7.82. The molecule has 5 heteroatoms. The van der Waals surface area contributed by atoms with Crippen LogP contribution in [0.1, 0.15) is 34.6 Å². The van der Waals surface area contributed by atoms with Crippen LogP contribution in [0.5, 0.6) is 0 Å². The number of nitrogens with zero attached hydrogens (tertiary/aromatic N) is 3. The van der Waals surface area contributed by atoms with E-state index in [1.807, 2.05) is 24.3 Å². The molecule has 25 heavy (non-hydrogen) atoms. The second kappa shape index (κ2) is 6.64. The number of aliphatic hydroxyl groups excluding tert-OH is 1. The van der Waals surface area contributed by atoms with E-state index in [9.17, 15) is 9.90 Å². The van der Waals surface area contributed by atoms with E-state index in [4.69, 9.17) is 0 Å². The SMILES string of the molecule is Cn1cc([C@@H]2CN(C(=O)Cc3ccc4c(c3)CCC4)C[C@H]2CO)cn1. The first-order chi connectivity index (χ1) is 12.1. The molecule has 1 N–H and O–H groups in total. The molecule has 0 saturated carbocycles. The van der Waals surface area contributed by atoms with Crippen LogP contribution in [-0.2, 0) is 31.1 Å². The molecule has 0 radical (unpaired) electrons. The summed E-state index contributed by atoms with van der Waals surface area (Å²) in [6, 6.07) is 6.49. The van der Waals surface area contributed by atoms with Crippen molar-refractivity contribution in [2.75, 3.05) is 19.7 Å². The number of amides is 1. The van der Waals surface area contributed by atoms with Crippen LogP contribution in [0.3, 0.4) is 0 Å². The third-order valence-corrected chi connectivity index (χ3v) is 5.70. The maximum Gasteiger partial charge on any atom is 0.227 e. The summed E-state index contributed by atoms with van der Waals surface area (Å²) < 4.78 is 1.78. The van der Waals surface area contributed by atoms with Crippen molar-refractivity contribution in [3.05, 3.63) is 52.8 Å². The van der Waals surface area contributed by atoms with Crippen molar-refractivity contribution in [1.82, 2.24) is 14.7 Å². The highest BCUT2D eigenvalue weighted by Gasteiger charge is 2.36. The van der Waals surface area contributed by atoms with Crippen LogP contribution in [-0.4, -0.2) is 45.4 Å². The fourth-order valence-electron chi connectivity index (χ4n) is 4.29. The van der Waals surface area contributed by atoms with Crippen LogP contribution >= 0.6 is 0 Å². The summed E-state index contributed by atoms with van der Waals surface area (Å²) in [5.41, 5.74) is 5.06. The molecule has 0 spiro atoms. The summed E-state index contributed by atoms with van der Waals surface area (Å²) in [5.74, 6) is 0.415. The fraction of sp³-hybridized carbons (Fsp3) is 0.500. The fourth-order valence-corrected chi connectivity index (χ4v) is 4.29. The lowest BCUT2D eigenvalue weighted by Gasteiger charge is -2.16. The molecule has 2 atom stereocenters. The zero-order valence-corrected chi connectivity index (χ0v) is 14.7. The number of aromatic nitrogens is 2. The minimum Gasteiger partial charge on any atom is -0.396 e. The Morgan fingerprint density at radius 2 is 2.12 bits per heavy atom. The minimum absolute atomic E-state index is 0.0909. The Morgan fingerprint density at radius 1 is 1.28 bits per heavy atom. The summed E-state index contributed by atoms with van der Waals surface area (Å²) in [7, 11) is 1.89. The van der Waals surface area contributed by atoms with E-state index >= 15 is 0 Å². The number of carbonyl (C=O) groups is 1. The van der Waals surface area contributed by atoms with Gasteiger partial charge in [0.25, 0.3) is 0 Å². The molecule has 1 aliphatic carbocycles. The number of aryl methyl sites for hydroxylation is 3. The highest BCUT2D eigenvalue weighted by Crippen LogP contribution is 2.32. The first-order valence-electron chi connectivity index (χ1n) is 9.12. The van der Waals surface area contributed by atoms with Crippen LogP contribution in [0.2, 0.25) is 0 Å². The lowest BCUT2D eigenvalue weighted by molar-refractivity contribution is -0.129. The number of fused-ring (bicyclic) bond motifs is 1. The van der Waals surface area contributed by atoms with Crippen molar-refractivity contribution < 1.29 is 9.90 Å². The van der Waals surface area contributed by atoms with E-state index in [-0.39, 0.29) is 24.3 Å². The van der Waals surface area contributed by atoms with Gasteiger partial charge in [0.15, 0.2) is 0 Å². The Labute approximate surface area is 148 Å². The highest BCUT2D eigenvalue weighted by molar-refractivity contribution is 5.79. The molecule has 5 nitrogen and oxygen atoms in total. The molecule has 2 heterocycles. The normalized spacial score (nSPS) is 22.4. The Bertz CT molecular complexity index is 783. The van der Waals surface area contributed by atoms with Gasteiger partial charge in [-0.05, 0) is 41.5 Å². The maximum atomic E-state index is 12.8. The average molecular weight is 339 g/mol. The molecular formula is C20H25N3O2. The monoisotopic (exact) mass is 339 g/mol. The molecule has 1 saturated heterocycles. The molecule has 1 aromatic heterocycles. The zero-order valence-electron chi connectivity index (χ0n) is 14.7. The largest absolute Gasteiger partial charge is 0.396 e. The van der Waals surface area contributed by atoms with Gasteiger partial charge in [-0.3, -0.25) is 9.48 Å². The molecule has 1 aliphatic heterocycles. The van der Waals surface area contributed by atoms with Gasteiger partial charge in [-0.2, -0.15) is 5.10 Å². The van der Waals surface area contributed by atoms with Gasteiger partial charge in [0, 0.05) is 44.8 Å². The molecule has 1 aromatic carbocycles. The van der Waals surface area contributed by atoms with E-state index in [1.54, 1.807) is 4.68 Å². The van der Waals surface area contributed by atoms with Crippen LogP contribution in [0.15, 0.2) is 30.6 Å². The van der Waals surface area contributed by atoms with E-state index in [1.165, 1.54) is 24.0 Å².